The second-order valence-corrected chi connectivity index (χ2v) is 4.88. The number of phenols is 1. The van der Waals surface area contributed by atoms with E-state index in [0.717, 1.165) is 11.3 Å². The number of nitrogens with zero attached hydrogens (tertiary/aromatic N) is 1. The summed E-state index contributed by atoms with van der Waals surface area (Å²) in [6, 6.07) is 12.2. The van der Waals surface area contributed by atoms with E-state index in [1.165, 1.54) is 6.07 Å². The summed E-state index contributed by atoms with van der Waals surface area (Å²) in [7, 11) is 0. The van der Waals surface area contributed by atoms with Gasteiger partial charge in [0.1, 0.15) is 11.7 Å². The van der Waals surface area contributed by atoms with Crippen LogP contribution in [-0.2, 0) is 4.79 Å². The predicted octanol–water partition coefficient (Wildman–Crippen LogP) is 3.48. The van der Waals surface area contributed by atoms with Crippen molar-refractivity contribution in [1.29, 1.82) is 0 Å². The number of fused-ring (bicyclic) bond motifs is 1. The molecule has 1 unspecified atom stereocenters. The van der Waals surface area contributed by atoms with E-state index in [-0.39, 0.29) is 16.7 Å². The fourth-order valence-electron chi connectivity index (χ4n) is 2.12. The molecule has 1 amide bonds. The number of carbonyl (C=O) groups excluding carboxylic acids is 1. The molecule has 1 atom stereocenters. The number of aromatic hydroxyl groups is 1. The van der Waals surface area contributed by atoms with Crippen molar-refractivity contribution in [3.63, 3.8) is 0 Å². The first kappa shape index (κ1) is 12.7. The molecule has 0 fully saturated rings. The second kappa shape index (κ2) is 4.98. The van der Waals surface area contributed by atoms with E-state index >= 15 is 0 Å². The van der Waals surface area contributed by atoms with E-state index in [2.05, 4.69) is 10.3 Å². The Morgan fingerprint density at radius 1 is 1.25 bits per heavy atom. The molecule has 3 rings (SSSR count). The summed E-state index contributed by atoms with van der Waals surface area (Å²) in [6.07, 6.45) is 1.59. The Morgan fingerprint density at radius 2 is 2.05 bits per heavy atom. The lowest BCUT2D eigenvalue weighted by molar-refractivity contribution is -0.115. The molecule has 0 spiro atoms. The Morgan fingerprint density at radius 3 is 2.85 bits per heavy atom. The van der Waals surface area contributed by atoms with E-state index in [9.17, 15) is 9.90 Å². The van der Waals surface area contributed by atoms with E-state index in [0.29, 0.717) is 5.69 Å². The maximum atomic E-state index is 11.9. The zero-order valence-corrected chi connectivity index (χ0v) is 11.1. The van der Waals surface area contributed by atoms with Crippen molar-refractivity contribution >= 4 is 35.1 Å². The van der Waals surface area contributed by atoms with Gasteiger partial charge in [-0.15, -0.1) is 0 Å². The number of aliphatic imine (C=N–C) groups is 1. The summed E-state index contributed by atoms with van der Waals surface area (Å²) in [6.45, 7) is 0. The van der Waals surface area contributed by atoms with Gasteiger partial charge in [-0.2, -0.15) is 0 Å². The highest BCUT2D eigenvalue weighted by Crippen LogP contribution is 2.32. The largest absolute Gasteiger partial charge is 0.506 e. The third-order valence-electron chi connectivity index (χ3n) is 3.14. The summed E-state index contributed by atoms with van der Waals surface area (Å²) in [4.78, 5) is 16.2. The molecule has 1 heterocycles. The van der Waals surface area contributed by atoms with Crippen LogP contribution in [0.2, 0.25) is 5.02 Å². The van der Waals surface area contributed by atoms with E-state index in [1.807, 2.05) is 24.3 Å². The van der Waals surface area contributed by atoms with Crippen LogP contribution < -0.4 is 5.32 Å². The first-order chi connectivity index (χ1) is 9.65. The molecule has 5 heteroatoms. The first-order valence-electron chi connectivity index (χ1n) is 6.07. The number of phenolic OH excluding ortho intramolecular Hbond substituents is 1. The number of halogens is 1. The number of rotatable bonds is 2. The van der Waals surface area contributed by atoms with Gasteiger partial charge in [0, 0.05) is 11.9 Å². The van der Waals surface area contributed by atoms with Crippen molar-refractivity contribution in [2.45, 2.75) is 5.92 Å². The topological polar surface area (TPSA) is 61.7 Å². The van der Waals surface area contributed by atoms with Crippen molar-refractivity contribution in [2.75, 3.05) is 5.32 Å². The summed E-state index contributed by atoms with van der Waals surface area (Å²) in [5.74, 6) is -0.492. The zero-order valence-electron chi connectivity index (χ0n) is 10.4. The molecule has 2 aromatic rings. The Labute approximate surface area is 120 Å². The average molecular weight is 287 g/mol. The van der Waals surface area contributed by atoms with E-state index < -0.39 is 5.92 Å². The van der Waals surface area contributed by atoms with Crippen LogP contribution in [0.1, 0.15) is 11.5 Å². The van der Waals surface area contributed by atoms with Crippen molar-refractivity contribution in [1.82, 2.24) is 0 Å². The molecule has 0 bridgehead atoms. The van der Waals surface area contributed by atoms with Crippen LogP contribution >= 0.6 is 11.6 Å². The fourth-order valence-corrected chi connectivity index (χ4v) is 2.29. The summed E-state index contributed by atoms with van der Waals surface area (Å²) in [5.41, 5.74) is 2.31. The SMILES string of the molecule is O=C1Nc2ccccc2C1C=Nc1ccc(O)c(Cl)c1. The standard InChI is InChI=1S/C15H11ClN2O2/c16-12-7-9(5-6-14(12)19)17-8-11-10-3-1-2-4-13(10)18-15(11)20/h1-8,11,19H,(H,18,20). The van der Waals surface area contributed by atoms with Gasteiger partial charge in [0.15, 0.2) is 0 Å². The maximum Gasteiger partial charge on any atom is 0.237 e. The van der Waals surface area contributed by atoms with Crippen LogP contribution in [0.15, 0.2) is 47.5 Å². The second-order valence-electron chi connectivity index (χ2n) is 4.47. The van der Waals surface area contributed by atoms with E-state index in [4.69, 9.17) is 11.6 Å². The van der Waals surface area contributed by atoms with Crippen LogP contribution in [-0.4, -0.2) is 17.2 Å². The van der Waals surface area contributed by atoms with Crippen LogP contribution in [0.3, 0.4) is 0 Å². The molecule has 1 aliphatic rings. The summed E-state index contributed by atoms with van der Waals surface area (Å²) < 4.78 is 0. The highest BCUT2D eigenvalue weighted by atomic mass is 35.5. The minimum absolute atomic E-state index is 0.00886. The lowest BCUT2D eigenvalue weighted by atomic mass is 10.0. The van der Waals surface area contributed by atoms with Gasteiger partial charge in [0.25, 0.3) is 0 Å². The smallest absolute Gasteiger partial charge is 0.237 e. The minimum Gasteiger partial charge on any atom is -0.506 e. The van der Waals surface area contributed by atoms with Gasteiger partial charge in [0.05, 0.1) is 10.7 Å². The predicted molar refractivity (Wildman–Crippen MR) is 79.1 cm³/mol. The number of anilines is 1. The number of nitrogens with one attached hydrogen (secondary N) is 1. The highest BCUT2D eigenvalue weighted by Gasteiger charge is 2.28. The molecule has 0 aliphatic carbocycles. The molecule has 0 radical (unpaired) electrons. The molecular formula is C15H11ClN2O2. The van der Waals surface area contributed by atoms with Crippen molar-refractivity contribution in [2.24, 2.45) is 4.99 Å². The van der Waals surface area contributed by atoms with Gasteiger partial charge in [-0.1, -0.05) is 29.8 Å². The molecule has 1 aliphatic heterocycles. The van der Waals surface area contributed by atoms with Crippen molar-refractivity contribution in [3.05, 3.63) is 53.1 Å². The molecule has 2 N–H and O–H groups in total. The molecule has 4 nitrogen and oxygen atoms in total. The number of benzene rings is 2. The molecule has 0 saturated carbocycles. The summed E-state index contributed by atoms with van der Waals surface area (Å²) in [5, 5.41) is 12.4. The van der Waals surface area contributed by atoms with Crippen molar-refractivity contribution < 1.29 is 9.90 Å². The van der Waals surface area contributed by atoms with Gasteiger partial charge in [-0.05, 0) is 29.8 Å². The van der Waals surface area contributed by atoms with Gasteiger partial charge >= 0.3 is 0 Å². The fraction of sp³-hybridized carbons (Fsp3) is 0.0667. The Kier molecular flexibility index (Phi) is 3.16. The quantitative estimate of drug-likeness (QED) is 0.830. The average Bonchev–Trinajstić information content (AvgIpc) is 2.76. The molecule has 100 valence electrons. The van der Waals surface area contributed by atoms with Crippen LogP contribution in [0.25, 0.3) is 0 Å². The number of carbonyl (C=O) groups is 1. The van der Waals surface area contributed by atoms with Gasteiger partial charge in [-0.25, -0.2) is 0 Å². The van der Waals surface area contributed by atoms with Crippen LogP contribution in [0, 0.1) is 0 Å². The molecule has 0 aromatic heterocycles. The molecule has 20 heavy (non-hydrogen) atoms. The monoisotopic (exact) mass is 286 g/mol. The Balaban J connectivity index is 1.89. The zero-order chi connectivity index (χ0) is 14.1. The summed E-state index contributed by atoms with van der Waals surface area (Å²) >= 11 is 5.82. The Hall–Kier alpha value is -2.33. The van der Waals surface area contributed by atoms with Gasteiger partial charge in [0.2, 0.25) is 5.91 Å². The normalized spacial score (nSPS) is 17.2. The Bertz CT molecular complexity index is 713. The van der Waals surface area contributed by atoms with Crippen LogP contribution in [0.5, 0.6) is 5.75 Å². The highest BCUT2D eigenvalue weighted by molar-refractivity contribution is 6.32. The minimum atomic E-state index is -0.404. The first-order valence-corrected chi connectivity index (χ1v) is 6.45. The van der Waals surface area contributed by atoms with Gasteiger partial charge < -0.3 is 10.4 Å². The van der Waals surface area contributed by atoms with Gasteiger partial charge in [-0.3, -0.25) is 9.79 Å². The molecule has 2 aromatic carbocycles. The third kappa shape index (κ3) is 2.26. The molecule has 0 saturated heterocycles. The number of hydrogen-bond acceptors (Lipinski definition) is 3. The number of hydrogen-bond donors (Lipinski definition) is 2. The number of para-hydroxylation sites is 1. The third-order valence-corrected chi connectivity index (χ3v) is 3.44. The lowest BCUT2D eigenvalue weighted by Gasteiger charge is -2.02. The number of amides is 1. The molecular weight excluding hydrogens is 276 g/mol. The lowest BCUT2D eigenvalue weighted by Crippen LogP contribution is -2.12. The van der Waals surface area contributed by atoms with Crippen LogP contribution in [0.4, 0.5) is 11.4 Å². The maximum absolute atomic E-state index is 11.9. The van der Waals surface area contributed by atoms with Crippen molar-refractivity contribution in [3.8, 4) is 5.75 Å². The van der Waals surface area contributed by atoms with E-state index in [1.54, 1.807) is 18.3 Å².